The van der Waals surface area contributed by atoms with Crippen molar-refractivity contribution >= 4 is 23.0 Å². The van der Waals surface area contributed by atoms with Crippen LogP contribution < -0.4 is 10.3 Å². The van der Waals surface area contributed by atoms with Crippen LogP contribution in [0.4, 0.5) is 4.39 Å². The minimum Gasteiger partial charge on any atom is -0.462 e. The molecule has 0 fully saturated rings. The molecule has 0 aliphatic rings. The molecule has 0 atom stereocenters. The molecule has 0 saturated heterocycles. The molecule has 2 rings (SSSR count). The topological polar surface area (TPSA) is 87.5 Å². The Balaban J connectivity index is 2.90. The molecule has 0 bridgehead atoms. The Labute approximate surface area is 124 Å². The van der Waals surface area contributed by atoms with Crippen LogP contribution in [0.25, 0.3) is 11.0 Å². The Morgan fingerprint density at radius 2 is 2.09 bits per heavy atom. The minimum atomic E-state index is -0.938. The lowest BCUT2D eigenvalue weighted by Crippen LogP contribution is -2.28. The first kappa shape index (κ1) is 15.6. The molecule has 0 aromatic carbocycles. The quantitative estimate of drug-likeness (QED) is 0.791. The summed E-state index contributed by atoms with van der Waals surface area (Å²) < 4.78 is 24.2. The molecule has 0 unspecified atom stereocenters. The fourth-order valence-corrected chi connectivity index (χ4v) is 1.98. The normalized spacial score (nSPS) is 10.5. The number of fused-ring (bicyclic) bond motifs is 1. The summed E-state index contributed by atoms with van der Waals surface area (Å²) in [6.45, 7) is 2.72. The Morgan fingerprint density at radius 3 is 2.68 bits per heavy atom. The van der Waals surface area contributed by atoms with Crippen molar-refractivity contribution in [1.29, 1.82) is 0 Å². The van der Waals surface area contributed by atoms with Crippen molar-refractivity contribution < 1.29 is 23.5 Å². The molecule has 0 amide bonds. The third-order valence-electron chi connectivity index (χ3n) is 2.88. The van der Waals surface area contributed by atoms with Crippen molar-refractivity contribution in [2.24, 2.45) is 7.05 Å². The van der Waals surface area contributed by atoms with Gasteiger partial charge in [0.1, 0.15) is 11.3 Å². The third-order valence-corrected chi connectivity index (χ3v) is 2.88. The van der Waals surface area contributed by atoms with Gasteiger partial charge in [0.25, 0.3) is 5.56 Å². The van der Waals surface area contributed by atoms with E-state index in [9.17, 15) is 18.8 Å². The molecule has 7 nitrogen and oxygen atoms in total. The fourth-order valence-electron chi connectivity index (χ4n) is 1.98. The van der Waals surface area contributed by atoms with E-state index in [2.05, 4.69) is 4.98 Å². The molecule has 0 N–H and O–H groups in total. The van der Waals surface area contributed by atoms with Crippen molar-refractivity contribution in [3.63, 3.8) is 0 Å². The highest BCUT2D eigenvalue weighted by Gasteiger charge is 2.26. The monoisotopic (exact) mass is 308 g/mol. The van der Waals surface area contributed by atoms with Crippen LogP contribution in [-0.2, 0) is 16.6 Å². The van der Waals surface area contributed by atoms with Crippen LogP contribution in [0.15, 0.2) is 17.1 Å². The number of hydrogen-bond acceptors (Lipinski definition) is 6. The van der Waals surface area contributed by atoms with Gasteiger partial charge in [-0.2, -0.15) is 0 Å². The average Bonchev–Trinajstić information content (AvgIpc) is 2.44. The Hall–Kier alpha value is -2.77. The molecule has 0 spiro atoms. The number of carbonyl (C=O) groups is 2. The van der Waals surface area contributed by atoms with Crippen molar-refractivity contribution in [3.05, 3.63) is 34.0 Å². The molecule has 116 valence electrons. The number of nitrogens with zero attached hydrogens (tertiary/aromatic N) is 2. The lowest BCUT2D eigenvalue weighted by Gasteiger charge is -2.13. The molecule has 0 saturated carbocycles. The Morgan fingerprint density at radius 1 is 1.41 bits per heavy atom. The van der Waals surface area contributed by atoms with E-state index in [0.29, 0.717) is 0 Å². The van der Waals surface area contributed by atoms with Crippen LogP contribution in [0.2, 0.25) is 0 Å². The number of carbonyl (C=O) groups excluding carboxylic acids is 2. The van der Waals surface area contributed by atoms with Crippen LogP contribution in [0.1, 0.15) is 24.2 Å². The molecule has 22 heavy (non-hydrogen) atoms. The van der Waals surface area contributed by atoms with E-state index in [0.717, 1.165) is 23.8 Å². The number of hydrogen-bond donors (Lipinski definition) is 0. The SMILES string of the molecule is CCOC(=O)c1c(OC(C)=O)c2ncc(F)cc2n(C)c1=O. The Kier molecular flexibility index (Phi) is 4.20. The van der Waals surface area contributed by atoms with Gasteiger partial charge in [0.15, 0.2) is 11.3 Å². The van der Waals surface area contributed by atoms with Crippen LogP contribution in [-0.4, -0.2) is 28.1 Å². The highest BCUT2D eigenvalue weighted by molar-refractivity contribution is 5.99. The van der Waals surface area contributed by atoms with Gasteiger partial charge >= 0.3 is 11.9 Å². The van der Waals surface area contributed by atoms with Gasteiger partial charge in [-0.05, 0) is 6.92 Å². The van der Waals surface area contributed by atoms with Crippen LogP contribution >= 0.6 is 0 Å². The van der Waals surface area contributed by atoms with E-state index in [1.807, 2.05) is 0 Å². The summed E-state index contributed by atoms with van der Waals surface area (Å²) in [6, 6.07) is 1.06. The minimum absolute atomic E-state index is 0.0155. The molecule has 0 aliphatic heterocycles. The first-order valence-electron chi connectivity index (χ1n) is 6.40. The number of rotatable bonds is 3. The van der Waals surface area contributed by atoms with Gasteiger partial charge in [0, 0.05) is 20.0 Å². The zero-order valence-corrected chi connectivity index (χ0v) is 12.2. The molecule has 2 aromatic heterocycles. The molecule has 0 aliphatic carbocycles. The van der Waals surface area contributed by atoms with Gasteiger partial charge in [0.2, 0.25) is 0 Å². The zero-order chi connectivity index (χ0) is 16.4. The van der Waals surface area contributed by atoms with Crippen molar-refractivity contribution in [1.82, 2.24) is 9.55 Å². The highest BCUT2D eigenvalue weighted by Crippen LogP contribution is 2.26. The molecule has 0 radical (unpaired) electrons. The van der Waals surface area contributed by atoms with E-state index < -0.39 is 28.9 Å². The first-order valence-corrected chi connectivity index (χ1v) is 6.40. The van der Waals surface area contributed by atoms with Gasteiger partial charge in [-0.3, -0.25) is 9.59 Å². The van der Waals surface area contributed by atoms with Crippen molar-refractivity contribution in [2.75, 3.05) is 6.61 Å². The second-order valence-corrected chi connectivity index (χ2v) is 4.40. The van der Waals surface area contributed by atoms with Gasteiger partial charge in [0.05, 0.1) is 18.3 Å². The third kappa shape index (κ3) is 2.67. The van der Waals surface area contributed by atoms with Gasteiger partial charge in [-0.25, -0.2) is 14.2 Å². The maximum absolute atomic E-state index is 13.3. The lowest BCUT2D eigenvalue weighted by atomic mass is 10.2. The summed E-state index contributed by atoms with van der Waals surface area (Å²) >= 11 is 0. The lowest BCUT2D eigenvalue weighted by molar-refractivity contribution is -0.131. The van der Waals surface area contributed by atoms with E-state index >= 15 is 0 Å². The summed E-state index contributed by atoms with van der Waals surface area (Å²) in [5.41, 5.74) is -1.11. The average molecular weight is 308 g/mol. The second kappa shape index (κ2) is 5.92. The number of halogens is 1. The molecule has 2 heterocycles. The van der Waals surface area contributed by atoms with Gasteiger partial charge in [-0.1, -0.05) is 0 Å². The smallest absolute Gasteiger partial charge is 0.347 e. The summed E-state index contributed by atoms with van der Waals surface area (Å²) in [5.74, 6) is -2.68. The van der Waals surface area contributed by atoms with Crippen molar-refractivity contribution in [2.45, 2.75) is 13.8 Å². The molecule has 2 aromatic rings. The maximum Gasteiger partial charge on any atom is 0.347 e. The molecular formula is C14H13FN2O5. The van der Waals surface area contributed by atoms with Gasteiger partial charge in [-0.15, -0.1) is 0 Å². The van der Waals surface area contributed by atoms with E-state index in [4.69, 9.17) is 9.47 Å². The van der Waals surface area contributed by atoms with Crippen molar-refractivity contribution in [3.8, 4) is 5.75 Å². The Bertz CT molecular complexity index is 828. The van der Waals surface area contributed by atoms with Crippen LogP contribution in [0.5, 0.6) is 5.75 Å². The van der Waals surface area contributed by atoms with Gasteiger partial charge < -0.3 is 14.0 Å². The zero-order valence-electron chi connectivity index (χ0n) is 12.2. The van der Waals surface area contributed by atoms with Crippen LogP contribution in [0, 0.1) is 5.82 Å². The molecule has 8 heteroatoms. The summed E-state index contributed by atoms with van der Waals surface area (Å²) in [7, 11) is 1.35. The molecular weight excluding hydrogens is 295 g/mol. The number of esters is 2. The van der Waals surface area contributed by atoms with Crippen LogP contribution in [0.3, 0.4) is 0 Å². The summed E-state index contributed by atoms with van der Waals surface area (Å²) in [5, 5.41) is 0. The standard InChI is InChI=1S/C14H13FN2O5/c1-4-21-14(20)10-12(22-7(2)18)11-9(17(3)13(10)19)5-8(15)6-16-11/h5-6H,4H2,1-3H3. The summed E-state index contributed by atoms with van der Waals surface area (Å²) in [4.78, 5) is 39.4. The highest BCUT2D eigenvalue weighted by atomic mass is 19.1. The number of aromatic nitrogens is 2. The number of aryl methyl sites for hydroxylation is 1. The predicted octanol–water partition coefficient (Wildman–Crippen LogP) is 1.17. The number of ether oxygens (including phenoxy) is 2. The second-order valence-electron chi connectivity index (χ2n) is 4.40. The fraction of sp³-hybridized carbons (Fsp3) is 0.286. The summed E-state index contributed by atoms with van der Waals surface area (Å²) in [6.07, 6.45) is 0.898. The largest absolute Gasteiger partial charge is 0.462 e. The first-order chi connectivity index (χ1) is 10.4. The van der Waals surface area contributed by atoms with E-state index in [1.165, 1.54) is 7.05 Å². The van der Waals surface area contributed by atoms with E-state index in [-0.39, 0.29) is 23.4 Å². The maximum atomic E-state index is 13.3. The van der Waals surface area contributed by atoms with E-state index in [1.54, 1.807) is 6.92 Å². The number of pyridine rings is 2. The predicted molar refractivity (Wildman–Crippen MR) is 74.2 cm³/mol.